The molecule has 6 nitrogen and oxygen atoms in total. The molecule has 6 heteroatoms. The molecule has 0 spiro atoms. The lowest BCUT2D eigenvalue weighted by Gasteiger charge is -2.34. The second-order valence-electron chi connectivity index (χ2n) is 4.81. The molecule has 1 amide bonds. The molecule has 2 heterocycles. The highest BCUT2D eigenvalue weighted by Crippen LogP contribution is 2.21. The first-order valence-electron chi connectivity index (χ1n) is 6.41. The summed E-state index contributed by atoms with van der Waals surface area (Å²) in [5, 5.41) is 16.7. The zero-order valence-corrected chi connectivity index (χ0v) is 10.9. The number of piperidine rings is 1. The summed E-state index contributed by atoms with van der Waals surface area (Å²) in [5.41, 5.74) is 1.03. The lowest BCUT2D eigenvalue weighted by Crippen LogP contribution is -2.45. The van der Waals surface area contributed by atoms with Crippen LogP contribution < -0.4 is 0 Å². The molecule has 1 saturated heterocycles. The first kappa shape index (κ1) is 13.5. The lowest BCUT2D eigenvalue weighted by atomic mass is 9.99. The molecule has 1 fully saturated rings. The summed E-state index contributed by atoms with van der Waals surface area (Å²) in [6, 6.07) is 3.13. The average Bonchev–Trinajstić information content (AvgIpc) is 2.39. The van der Waals surface area contributed by atoms with Gasteiger partial charge in [-0.3, -0.25) is 9.59 Å². The highest BCUT2D eigenvalue weighted by atomic mass is 16.4. The second kappa shape index (κ2) is 5.77. The number of likely N-dealkylation sites (tertiary alicyclic amines) is 1. The van der Waals surface area contributed by atoms with E-state index in [1.54, 1.807) is 24.0 Å². The zero-order chi connectivity index (χ0) is 13.8. The van der Waals surface area contributed by atoms with Gasteiger partial charge in [-0.25, -0.2) is 0 Å². The highest BCUT2D eigenvalue weighted by Gasteiger charge is 2.29. The maximum atomic E-state index is 12.3. The van der Waals surface area contributed by atoms with Gasteiger partial charge in [0.15, 0.2) is 5.69 Å². The molecule has 1 atom stereocenters. The van der Waals surface area contributed by atoms with Gasteiger partial charge in [0.25, 0.3) is 5.91 Å². The number of aliphatic carboxylic acids is 1. The monoisotopic (exact) mass is 263 g/mol. The molecule has 0 aliphatic carbocycles. The fraction of sp³-hybridized carbons (Fsp3) is 0.538. The van der Waals surface area contributed by atoms with Gasteiger partial charge in [0.2, 0.25) is 0 Å². The van der Waals surface area contributed by atoms with Crippen LogP contribution in [0.4, 0.5) is 0 Å². The summed E-state index contributed by atoms with van der Waals surface area (Å²) in [6.45, 7) is 2.39. The van der Waals surface area contributed by atoms with E-state index >= 15 is 0 Å². The minimum atomic E-state index is -0.875. The molecule has 1 aromatic heterocycles. The second-order valence-corrected chi connectivity index (χ2v) is 4.81. The van der Waals surface area contributed by atoms with E-state index in [9.17, 15) is 9.59 Å². The molecule has 102 valence electrons. The minimum Gasteiger partial charge on any atom is -0.481 e. The van der Waals surface area contributed by atoms with Crippen LogP contribution in [-0.2, 0) is 4.79 Å². The molecule has 0 radical (unpaired) electrons. The maximum absolute atomic E-state index is 12.3. The van der Waals surface area contributed by atoms with Crippen LogP contribution in [0.1, 0.15) is 41.9 Å². The number of carboxylic acid groups (broad SMARTS) is 1. The SMILES string of the molecule is Cc1ccc(C(=O)N2CCCCC2CC(=O)O)nn1. The molecule has 2 rings (SSSR count). The van der Waals surface area contributed by atoms with E-state index in [0.29, 0.717) is 6.54 Å². The summed E-state index contributed by atoms with van der Waals surface area (Å²) in [5.74, 6) is -1.10. The maximum Gasteiger partial charge on any atom is 0.305 e. The van der Waals surface area contributed by atoms with Crippen LogP contribution in [0.25, 0.3) is 0 Å². The van der Waals surface area contributed by atoms with Crippen LogP contribution in [-0.4, -0.2) is 44.7 Å². The van der Waals surface area contributed by atoms with Gasteiger partial charge in [0.1, 0.15) is 0 Å². The summed E-state index contributed by atoms with van der Waals surface area (Å²) >= 11 is 0. The molecule has 19 heavy (non-hydrogen) atoms. The van der Waals surface area contributed by atoms with Crippen molar-refractivity contribution < 1.29 is 14.7 Å². The number of nitrogens with zero attached hydrogens (tertiary/aromatic N) is 3. The van der Waals surface area contributed by atoms with Crippen molar-refractivity contribution in [3.05, 3.63) is 23.5 Å². The summed E-state index contributed by atoms with van der Waals surface area (Å²) in [6.07, 6.45) is 2.59. The van der Waals surface area contributed by atoms with Gasteiger partial charge in [-0.1, -0.05) is 0 Å². The summed E-state index contributed by atoms with van der Waals surface area (Å²) < 4.78 is 0. The third-order valence-corrected chi connectivity index (χ3v) is 3.32. The Balaban J connectivity index is 2.15. The Morgan fingerprint density at radius 2 is 2.16 bits per heavy atom. The molecule has 0 aromatic carbocycles. The van der Waals surface area contributed by atoms with Crippen LogP contribution in [0.2, 0.25) is 0 Å². The Morgan fingerprint density at radius 3 is 2.79 bits per heavy atom. The van der Waals surface area contributed by atoms with Crippen LogP contribution in [0.3, 0.4) is 0 Å². The Bertz CT molecular complexity index is 473. The van der Waals surface area contributed by atoms with Gasteiger partial charge in [0, 0.05) is 12.6 Å². The van der Waals surface area contributed by atoms with E-state index < -0.39 is 5.97 Å². The smallest absolute Gasteiger partial charge is 0.305 e. The number of aryl methyl sites for hydroxylation is 1. The number of rotatable bonds is 3. The van der Waals surface area contributed by atoms with Crippen molar-refractivity contribution in [2.75, 3.05) is 6.54 Å². The molecule has 1 N–H and O–H groups in total. The Kier molecular flexibility index (Phi) is 4.09. The van der Waals surface area contributed by atoms with Crippen LogP contribution >= 0.6 is 0 Å². The Morgan fingerprint density at radius 1 is 1.37 bits per heavy atom. The predicted octanol–water partition coefficient (Wildman–Crippen LogP) is 1.25. The van der Waals surface area contributed by atoms with E-state index in [0.717, 1.165) is 25.0 Å². The van der Waals surface area contributed by atoms with Gasteiger partial charge in [-0.05, 0) is 38.3 Å². The zero-order valence-electron chi connectivity index (χ0n) is 10.9. The average molecular weight is 263 g/mol. The third kappa shape index (κ3) is 3.27. The minimum absolute atomic E-state index is 0.00890. The van der Waals surface area contributed by atoms with Crippen molar-refractivity contribution in [2.24, 2.45) is 0 Å². The molecule has 1 unspecified atom stereocenters. The Hall–Kier alpha value is -1.98. The van der Waals surface area contributed by atoms with Crippen molar-refractivity contribution in [1.29, 1.82) is 0 Å². The van der Waals surface area contributed by atoms with E-state index in [1.807, 2.05) is 0 Å². The summed E-state index contributed by atoms with van der Waals surface area (Å²) in [4.78, 5) is 24.8. The van der Waals surface area contributed by atoms with Crippen molar-refractivity contribution in [3.63, 3.8) is 0 Å². The van der Waals surface area contributed by atoms with Gasteiger partial charge >= 0.3 is 5.97 Å². The van der Waals surface area contributed by atoms with Gasteiger partial charge in [-0.15, -0.1) is 5.10 Å². The number of aromatic nitrogens is 2. The first-order chi connectivity index (χ1) is 9.08. The van der Waals surface area contributed by atoms with Gasteiger partial charge in [-0.2, -0.15) is 5.10 Å². The number of carbonyl (C=O) groups is 2. The van der Waals surface area contributed by atoms with Gasteiger partial charge in [0.05, 0.1) is 12.1 Å². The molecule has 1 aliphatic rings. The molecule has 1 aromatic rings. The summed E-state index contributed by atoms with van der Waals surface area (Å²) in [7, 11) is 0. The number of amides is 1. The van der Waals surface area contributed by atoms with Gasteiger partial charge < -0.3 is 10.0 Å². The molecule has 0 bridgehead atoms. The fourth-order valence-corrected chi connectivity index (χ4v) is 2.34. The molecule has 0 saturated carbocycles. The van der Waals surface area contributed by atoms with Crippen molar-refractivity contribution >= 4 is 11.9 Å². The third-order valence-electron chi connectivity index (χ3n) is 3.32. The first-order valence-corrected chi connectivity index (χ1v) is 6.41. The fourth-order valence-electron chi connectivity index (χ4n) is 2.34. The lowest BCUT2D eigenvalue weighted by molar-refractivity contribution is -0.138. The van der Waals surface area contributed by atoms with Crippen LogP contribution in [0, 0.1) is 6.92 Å². The topological polar surface area (TPSA) is 83.4 Å². The molecular weight excluding hydrogens is 246 g/mol. The number of hydrogen-bond acceptors (Lipinski definition) is 4. The predicted molar refractivity (Wildman–Crippen MR) is 67.7 cm³/mol. The van der Waals surface area contributed by atoms with Crippen molar-refractivity contribution in [1.82, 2.24) is 15.1 Å². The normalized spacial score (nSPS) is 19.2. The van der Waals surface area contributed by atoms with Crippen molar-refractivity contribution in [3.8, 4) is 0 Å². The van der Waals surface area contributed by atoms with Crippen LogP contribution in [0.5, 0.6) is 0 Å². The number of carboxylic acids is 1. The number of hydrogen-bond donors (Lipinski definition) is 1. The molecular formula is C13H17N3O3. The standard InChI is InChI=1S/C13H17N3O3/c1-9-5-6-11(15-14-9)13(19)16-7-3-2-4-10(16)8-12(17)18/h5-6,10H,2-4,7-8H2,1H3,(H,17,18). The number of carbonyl (C=O) groups excluding carboxylic acids is 1. The van der Waals surface area contributed by atoms with E-state index in [1.165, 1.54) is 0 Å². The van der Waals surface area contributed by atoms with Crippen molar-refractivity contribution in [2.45, 2.75) is 38.6 Å². The highest BCUT2D eigenvalue weighted by molar-refractivity contribution is 5.92. The molecule has 1 aliphatic heterocycles. The van der Waals surface area contributed by atoms with E-state index in [2.05, 4.69) is 10.2 Å². The van der Waals surface area contributed by atoms with E-state index in [-0.39, 0.29) is 24.1 Å². The quantitative estimate of drug-likeness (QED) is 0.887. The van der Waals surface area contributed by atoms with E-state index in [4.69, 9.17) is 5.11 Å². The van der Waals surface area contributed by atoms with Crippen LogP contribution in [0.15, 0.2) is 12.1 Å². The largest absolute Gasteiger partial charge is 0.481 e. The Labute approximate surface area is 111 Å².